The van der Waals surface area contributed by atoms with Crippen LogP contribution in [0.5, 0.6) is 0 Å². The number of nitrogens with zero attached hydrogens (tertiary/aromatic N) is 2. The molecule has 24 heavy (non-hydrogen) atoms. The largest absolute Gasteiger partial charge is 0.334 e. The molecule has 1 aromatic carbocycles. The molecule has 0 atom stereocenters. The Morgan fingerprint density at radius 2 is 1.79 bits per heavy atom. The molecule has 0 spiro atoms. The zero-order valence-electron chi connectivity index (χ0n) is 13.6. The van der Waals surface area contributed by atoms with E-state index in [-0.39, 0.29) is 12.5 Å². The van der Waals surface area contributed by atoms with Crippen LogP contribution in [0.2, 0.25) is 5.02 Å². The maximum Gasteiger partial charge on any atom is 0.334 e. The molecule has 1 aliphatic rings. The highest BCUT2D eigenvalue weighted by atomic mass is 35.5. The number of urea groups is 1. The summed E-state index contributed by atoms with van der Waals surface area (Å²) < 4.78 is 0. The van der Waals surface area contributed by atoms with Gasteiger partial charge in [0.15, 0.2) is 0 Å². The number of hydrogen-bond acceptors (Lipinski definition) is 4. The van der Waals surface area contributed by atoms with Gasteiger partial charge in [-0.3, -0.25) is 19.3 Å². The Hall–Kier alpha value is -2.41. The lowest BCUT2D eigenvalue weighted by Gasteiger charge is -2.16. The van der Waals surface area contributed by atoms with Crippen molar-refractivity contribution in [3.05, 3.63) is 28.8 Å². The van der Waals surface area contributed by atoms with Crippen molar-refractivity contribution >= 4 is 41.0 Å². The van der Waals surface area contributed by atoms with Gasteiger partial charge in [0.1, 0.15) is 6.54 Å². The highest BCUT2D eigenvalue weighted by Crippen LogP contribution is 2.20. The van der Waals surface area contributed by atoms with E-state index in [1.807, 2.05) is 20.8 Å². The fraction of sp³-hybridized carbons (Fsp3) is 0.375. The van der Waals surface area contributed by atoms with Crippen molar-refractivity contribution in [1.82, 2.24) is 9.80 Å². The second-order valence-electron chi connectivity index (χ2n) is 6.00. The highest BCUT2D eigenvalue weighted by Gasteiger charge is 2.45. The van der Waals surface area contributed by atoms with E-state index in [0.717, 1.165) is 10.5 Å². The molecule has 0 aliphatic carbocycles. The van der Waals surface area contributed by atoms with Crippen LogP contribution in [-0.2, 0) is 14.4 Å². The SMILES string of the molecule is Cc1ccc(NC(=O)CN2C(=O)C(=O)N(CC(C)C)C2=O)cc1Cl. The number of aryl methyl sites for hydroxylation is 1. The molecular weight excluding hydrogens is 334 g/mol. The van der Waals surface area contributed by atoms with Gasteiger partial charge in [-0.1, -0.05) is 31.5 Å². The Kier molecular flexibility index (Phi) is 5.23. The first-order valence-corrected chi connectivity index (χ1v) is 7.81. The summed E-state index contributed by atoms with van der Waals surface area (Å²) in [4.78, 5) is 49.5. The zero-order chi connectivity index (χ0) is 18.0. The number of nitrogens with one attached hydrogen (secondary N) is 1. The molecule has 0 unspecified atom stereocenters. The predicted molar refractivity (Wildman–Crippen MR) is 88.5 cm³/mol. The van der Waals surface area contributed by atoms with Gasteiger partial charge in [0.2, 0.25) is 5.91 Å². The van der Waals surface area contributed by atoms with Gasteiger partial charge in [-0.05, 0) is 30.5 Å². The van der Waals surface area contributed by atoms with Gasteiger partial charge in [0, 0.05) is 17.3 Å². The third kappa shape index (κ3) is 3.73. The standard InChI is InChI=1S/C16H18ClN3O4/c1-9(2)7-19-14(22)15(23)20(16(19)24)8-13(21)18-11-5-4-10(3)12(17)6-11/h4-6,9H,7-8H2,1-3H3,(H,18,21). The molecule has 1 heterocycles. The molecule has 128 valence electrons. The van der Waals surface area contributed by atoms with Crippen LogP contribution in [0.4, 0.5) is 10.5 Å². The number of amides is 5. The predicted octanol–water partition coefficient (Wildman–Crippen LogP) is 2.03. The lowest BCUT2D eigenvalue weighted by Crippen LogP contribution is -2.39. The number of carbonyl (C=O) groups is 4. The molecule has 0 radical (unpaired) electrons. The molecule has 1 saturated heterocycles. The van der Waals surface area contributed by atoms with Crippen LogP contribution in [0, 0.1) is 12.8 Å². The average Bonchev–Trinajstić information content (AvgIpc) is 2.68. The first-order chi connectivity index (χ1) is 11.2. The minimum absolute atomic E-state index is 0.0224. The summed E-state index contributed by atoms with van der Waals surface area (Å²) in [6, 6.07) is 4.19. The maximum absolute atomic E-state index is 12.2. The van der Waals surface area contributed by atoms with Crippen LogP contribution < -0.4 is 5.32 Å². The topological polar surface area (TPSA) is 86.8 Å². The second kappa shape index (κ2) is 7.00. The van der Waals surface area contributed by atoms with E-state index in [1.54, 1.807) is 18.2 Å². The van der Waals surface area contributed by atoms with E-state index in [1.165, 1.54) is 0 Å². The Morgan fingerprint density at radius 1 is 1.17 bits per heavy atom. The minimum Gasteiger partial charge on any atom is -0.324 e. The van der Waals surface area contributed by atoms with Crippen molar-refractivity contribution < 1.29 is 19.2 Å². The van der Waals surface area contributed by atoms with Crippen molar-refractivity contribution in [3.63, 3.8) is 0 Å². The Morgan fingerprint density at radius 3 is 2.38 bits per heavy atom. The first-order valence-electron chi connectivity index (χ1n) is 7.44. The summed E-state index contributed by atoms with van der Waals surface area (Å²) in [6.07, 6.45) is 0. The third-order valence-corrected chi connectivity index (χ3v) is 3.85. The number of benzene rings is 1. The Bertz CT molecular complexity index is 717. The van der Waals surface area contributed by atoms with Gasteiger partial charge in [-0.15, -0.1) is 0 Å². The van der Waals surface area contributed by atoms with Crippen LogP contribution in [-0.4, -0.2) is 46.6 Å². The minimum atomic E-state index is -0.988. The van der Waals surface area contributed by atoms with Crippen molar-refractivity contribution in [2.75, 3.05) is 18.4 Å². The van der Waals surface area contributed by atoms with Crippen molar-refractivity contribution in [2.24, 2.45) is 5.92 Å². The van der Waals surface area contributed by atoms with Crippen molar-refractivity contribution in [3.8, 4) is 0 Å². The number of halogens is 1. The van der Waals surface area contributed by atoms with Crippen molar-refractivity contribution in [1.29, 1.82) is 0 Å². The summed E-state index contributed by atoms with van der Waals surface area (Å²) in [7, 11) is 0. The van der Waals surface area contributed by atoms with E-state index in [4.69, 9.17) is 11.6 Å². The summed E-state index contributed by atoms with van der Waals surface area (Å²) in [5.41, 5.74) is 1.30. The normalized spacial score (nSPS) is 14.8. The molecule has 7 nitrogen and oxygen atoms in total. The van der Waals surface area contributed by atoms with Crippen LogP contribution in [0.1, 0.15) is 19.4 Å². The highest BCUT2D eigenvalue weighted by molar-refractivity contribution is 6.45. The van der Waals surface area contributed by atoms with E-state index in [0.29, 0.717) is 15.6 Å². The number of rotatable bonds is 5. The van der Waals surface area contributed by atoms with Gasteiger partial charge in [-0.2, -0.15) is 0 Å². The van der Waals surface area contributed by atoms with Gasteiger partial charge in [-0.25, -0.2) is 9.69 Å². The maximum atomic E-state index is 12.2. The molecule has 1 aromatic rings. The third-order valence-electron chi connectivity index (χ3n) is 3.44. The fourth-order valence-corrected chi connectivity index (χ4v) is 2.41. The quantitative estimate of drug-likeness (QED) is 0.649. The van der Waals surface area contributed by atoms with Crippen LogP contribution >= 0.6 is 11.6 Å². The lowest BCUT2D eigenvalue weighted by molar-refractivity contribution is -0.143. The van der Waals surface area contributed by atoms with Gasteiger partial charge < -0.3 is 5.32 Å². The van der Waals surface area contributed by atoms with Crippen molar-refractivity contribution in [2.45, 2.75) is 20.8 Å². The molecule has 2 rings (SSSR count). The summed E-state index contributed by atoms with van der Waals surface area (Å²) in [5, 5.41) is 3.03. The molecule has 0 bridgehead atoms. The number of hydrogen-bond donors (Lipinski definition) is 1. The molecule has 5 amide bonds. The van der Waals surface area contributed by atoms with E-state index < -0.39 is 30.3 Å². The Balaban J connectivity index is 2.05. The number of carbonyl (C=O) groups excluding carboxylic acids is 4. The van der Waals surface area contributed by atoms with Crippen LogP contribution in [0.3, 0.4) is 0 Å². The summed E-state index contributed by atoms with van der Waals surface area (Å²) in [5.74, 6) is -2.46. The summed E-state index contributed by atoms with van der Waals surface area (Å²) in [6.45, 7) is 5.08. The molecule has 0 saturated carbocycles. The number of imide groups is 2. The molecule has 1 fully saturated rings. The van der Waals surface area contributed by atoms with Gasteiger partial charge >= 0.3 is 17.8 Å². The van der Waals surface area contributed by atoms with Crippen LogP contribution in [0.25, 0.3) is 0 Å². The lowest BCUT2D eigenvalue weighted by atomic mass is 10.2. The van der Waals surface area contributed by atoms with E-state index in [2.05, 4.69) is 5.32 Å². The number of anilines is 1. The van der Waals surface area contributed by atoms with Gasteiger partial charge in [0.05, 0.1) is 0 Å². The summed E-state index contributed by atoms with van der Waals surface area (Å²) >= 11 is 5.98. The molecular formula is C16H18ClN3O4. The second-order valence-corrected chi connectivity index (χ2v) is 6.40. The monoisotopic (exact) mass is 351 g/mol. The fourth-order valence-electron chi connectivity index (χ4n) is 2.23. The van der Waals surface area contributed by atoms with E-state index >= 15 is 0 Å². The smallest absolute Gasteiger partial charge is 0.324 e. The molecule has 1 aliphatic heterocycles. The average molecular weight is 352 g/mol. The van der Waals surface area contributed by atoms with Crippen LogP contribution in [0.15, 0.2) is 18.2 Å². The Labute approximate surface area is 144 Å². The molecule has 1 N–H and O–H groups in total. The molecule has 0 aromatic heterocycles. The van der Waals surface area contributed by atoms with E-state index in [9.17, 15) is 19.2 Å². The van der Waals surface area contributed by atoms with Gasteiger partial charge in [0.25, 0.3) is 0 Å². The molecule has 8 heteroatoms. The first kappa shape index (κ1) is 17.9. The zero-order valence-corrected chi connectivity index (χ0v) is 14.4.